The molecule has 1 aliphatic rings. The zero-order valence-electron chi connectivity index (χ0n) is 27.9. The molecule has 0 aliphatic heterocycles. The van der Waals surface area contributed by atoms with E-state index in [2.05, 4.69) is 159 Å². The second-order valence-electron chi connectivity index (χ2n) is 13.1. The monoisotopic (exact) mass is 641 g/mol. The Morgan fingerprint density at radius 1 is 0.480 bits per heavy atom. The quantitative estimate of drug-likeness (QED) is 0.170. The van der Waals surface area contributed by atoms with E-state index < -0.39 is 0 Å². The van der Waals surface area contributed by atoms with Crippen molar-refractivity contribution in [2.24, 2.45) is 0 Å². The van der Waals surface area contributed by atoms with E-state index >= 15 is 0 Å². The van der Waals surface area contributed by atoms with Gasteiger partial charge in [0.2, 0.25) is 0 Å². The fourth-order valence-electron chi connectivity index (χ4n) is 7.54. The predicted octanol–water partition coefficient (Wildman–Crippen LogP) is 12.3. The first kappa shape index (κ1) is 29.9. The third-order valence-corrected chi connectivity index (χ3v) is 10.1. The van der Waals surface area contributed by atoms with Gasteiger partial charge in [-0.1, -0.05) is 153 Å². The molecule has 0 saturated carbocycles. The Balaban J connectivity index is 1.23. The van der Waals surface area contributed by atoms with Gasteiger partial charge in [0.1, 0.15) is 0 Å². The lowest BCUT2D eigenvalue weighted by molar-refractivity contribution is 0.679. The lowest BCUT2D eigenvalue weighted by Crippen LogP contribution is -2.11. The van der Waals surface area contributed by atoms with Gasteiger partial charge in [-0.3, -0.25) is 0 Å². The van der Waals surface area contributed by atoms with E-state index in [1.165, 1.54) is 32.7 Å². The summed E-state index contributed by atoms with van der Waals surface area (Å²) in [6.07, 6.45) is 4.21. The van der Waals surface area contributed by atoms with Gasteiger partial charge in [0.25, 0.3) is 0 Å². The average molecular weight is 642 g/mol. The Hall–Kier alpha value is -6.19. The molecule has 7 aromatic carbocycles. The molecule has 0 amide bonds. The number of nitrogens with zero attached hydrogens (tertiary/aromatic N) is 3. The molecule has 0 bridgehead atoms. The molecule has 0 spiro atoms. The number of rotatable bonds is 6. The maximum Gasteiger partial charge on any atom is 0.164 e. The highest BCUT2D eigenvalue weighted by Gasteiger charge is 2.26. The summed E-state index contributed by atoms with van der Waals surface area (Å²) in [5, 5.41) is 5.26. The number of aromatic nitrogens is 3. The van der Waals surface area contributed by atoms with Crippen molar-refractivity contribution in [2.45, 2.75) is 25.7 Å². The molecule has 0 radical (unpaired) electrons. The summed E-state index contributed by atoms with van der Waals surface area (Å²) >= 11 is 0. The minimum atomic E-state index is 0.339. The molecule has 0 fully saturated rings. The number of hydrogen-bond acceptors (Lipinski definition) is 3. The molecule has 1 unspecified atom stereocenters. The fourth-order valence-corrected chi connectivity index (χ4v) is 7.54. The van der Waals surface area contributed by atoms with Crippen molar-refractivity contribution >= 4 is 33.2 Å². The molecular weight excluding hydrogens is 607 g/mol. The Bertz CT molecular complexity index is 2450. The van der Waals surface area contributed by atoms with E-state index in [-0.39, 0.29) is 0 Å². The summed E-state index contributed by atoms with van der Waals surface area (Å²) in [5.74, 6) is 2.43. The molecule has 8 aromatic rings. The van der Waals surface area contributed by atoms with Gasteiger partial charge in [0, 0.05) is 11.1 Å². The summed E-state index contributed by atoms with van der Waals surface area (Å²) in [6.45, 7) is 2.30. The predicted molar refractivity (Wildman–Crippen MR) is 209 cm³/mol. The normalized spacial score (nSPS) is 14.0. The summed E-state index contributed by atoms with van der Waals surface area (Å²) in [7, 11) is 0. The topological polar surface area (TPSA) is 38.7 Å². The van der Waals surface area contributed by atoms with Crippen LogP contribution in [-0.2, 0) is 0 Å². The fraction of sp³-hybridized carbons (Fsp3) is 0.0851. The Kier molecular flexibility index (Phi) is 7.59. The highest BCUT2D eigenvalue weighted by Crippen LogP contribution is 2.45. The molecule has 238 valence electrons. The van der Waals surface area contributed by atoms with E-state index in [1.54, 1.807) is 0 Å². The Morgan fingerprint density at radius 2 is 1.00 bits per heavy atom. The van der Waals surface area contributed by atoms with Gasteiger partial charge >= 0.3 is 0 Å². The molecule has 0 N–H and O–H groups in total. The molecule has 1 heterocycles. The molecule has 50 heavy (non-hydrogen) atoms. The van der Waals surface area contributed by atoms with Crippen LogP contribution in [0.15, 0.2) is 158 Å². The Morgan fingerprint density at radius 3 is 1.64 bits per heavy atom. The van der Waals surface area contributed by atoms with Crippen molar-refractivity contribution < 1.29 is 0 Å². The number of hydrogen-bond donors (Lipinski definition) is 0. The molecule has 1 atom stereocenters. The van der Waals surface area contributed by atoms with Crippen LogP contribution in [0.25, 0.3) is 78.2 Å². The third kappa shape index (κ3) is 5.47. The van der Waals surface area contributed by atoms with Gasteiger partial charge in [-0.05, 0) is 97.5 Å². The maximum atomic E-state index is 5.23. The summed E-state index contributed by atoms with van der Waals surface area (Å²) in [5.41, 5.74) is 10.4. The van der Waals surface area contributed by atoms with E-state index in [1.807, 2.05) is 12.1 Å². The standard InChI is InChI=1S/C47H35N3/c1-2-31-27-41(30-38-26-25-35-24-23-34-17-9-10-22-42(34)44(35)43(31)38)47-49-45(39-20-11-18-36(28-39)32-13-5-3-6-14-32)48-46(50-47)40-21-12-19-37(29-40)33-15-7-4-8-16-33/h3-26,28-31H,2,27H2,1H3. The molecule has 1 aromatic heterocycles. The van der Waals surface area contributed by atoms with Crippen molar-refractivity contribution in [3.63, 3.8) is 0 Å². The van der Waals surface area contributed by atoms with Crippen molar-refractivity contribution in [3.05, 3.63) is 175 Å². The molecule has 9 rings (SSSR count). The van der Waals surface area contributed by atoms with Gasteiger partial charge in [-0.2, -0.15) is 0 Å². The van der Waals surface area contributed by atoms with Crippen LogP contribution in [0.5, 0.6) is 0 Å². The Labute approximate surface area is 292 Å². The average Bonchev–Trinajstić information content (AvgIpc) is 3.20. The van der Waals surface area contributed by atoms with Gasteiger partial charge < -0.3 is 0 Å². The van der Waals surface area contributed by atoms with Crippen molar-refractivity contribution in [1.82, 2.24) is 15.0 Å². The molecule has 1 aliphatic carbocycles. The zero-order valence-corrected chi connectivity index (χ0v) is 27.9. The van der Waals surface area contributed by atoms with Crippen LogP contribution in [0.2, 0.25) is 0 Å². The van der Waals surface area contributed by atoms with Crippen LogP contribution in [-0.4, -0.2) is 15.0 Å². The van der Waals surface area contributed by atoms with Crippen molar-refractivity contribution in [2.75, 3.05) is 0 Å². The van der Waals surface area contributed by atoms with Crippen molar-refractivity contribution in [3.8, 4) is 45.0 Å². The third-order valence-electron chi connectivity index (χ3n) is 10.1. The summed E-state index contributed by atoms with van der Waals surface area (Å²) in [6, 6.07) is 55.8. The summed E-state index contributed by atoms with van der Waals surface area (Å²) < 4.78 is 0. The van der Waals surface area contributed by atoms with Crippen LogP contribution in [0, 0.1) is 0 Å². The molecule has 0 saturated heterocycles. The smallest absolute Gasteiger partial charge is 0.164 e. The first-order valence-electron chi connectivity index (χ1n) is 17.4. The zero-order chi connectivity index (χ0) is 33.4. The van der Waals surface area contributed by atoms with Gasteiger partial charge in [-0.15, -0.1) is 0 Å². The van der Waals surface area contributed by atoms with Gasteiger partial charge in [0.05, 0.1) is 0 Å². The van der Waals surface area contributed by atoms with Gasteiger partial charge in [-0.25, -0.2) is 15.0 Å². The maximum absolute atomic E-state index is 5.23. The molecule has 3 heteroatoms. The van der Waals surface area contributed by atoms with Gasteiger partial charge in [0.15, 0.2) is 17.5 Å². The highest BCUT2D eigenvalue weighted by atomic mass is 15.0. The second kappa shape index (κ2) is 12.7. The largest absolute Gasteiger partial charge is 0.209 e. The van der Waals surface area contributed by atoms with E-state index in [0.717, 1.165) is 57.6 Å². The lowest BCUT2D eigenvalue weighted by atomic mass is 9.78. The van der Waals surface area contributed by atoms with E-state index in [9.17, 15) is 0 Å². The summed E-state index contributed by atoms with van der Waals surface area (Å²) in [4.78, 5) is 15.6. The minimum absolute atomic E-state index is 0.339. The highest BCUT2D eigenvalue weighted by molar-refractivity contribution is 6.11. The van der Waals surface area contributed by atoms with E-state index in [0.29, 0.717) is 17.6 Å². The van der Waals surface area contributed by atoms with Crippen LogP contribution >= 0.6 is 0 Å². The van der Waals surface area contributed by atoms with E-state index in [4.69, 9.17) is 15.0 Å². The number of fused-ring (bicyclic) bond motifs is 5. The van der Waals surface area contributed by atoms with Crippen LogP contribution in [0.3, 0.4) is 0 Å². The number of benzene rings is 7. The first-order chi connectivity index (χ1) is 24.7. The molecular formula is C47H35N3. The number of allylic oxidation sites excluding steroid dienone is 1. The second-order valence-corrected chi connectivity index (χ2v) is 13.1. The minimum Gasteiger partial charge on any atom is -0.209 e. The van der Waals surface area contributed by atoms with Crippen LogP contribution < -0.4 is 0 Å². The SMILES string of the molecule is CCC1CC(c2nc(-c3cccc(-c4ccccc4)c3)nc(-c3cccc(-c4ccccc4)c3)n2)=Cc2ccc3ccc4ccccc4c3c21. The van der Waals surface area contributed by atoms with Crippen molar-refractivity contribution in [1.29, 1.82) is 0 Å². The van der Waals surface area contributed by atoms with Crippen LogP contribution in [0.4, 0.5) is 0 Å². The lowest BCUT2D eigenvalue weighted by Gasteiger charge is -2.27. The first-order valence-corrected chi connectivity index (χ1v) is 17.4. The molecule has 3 nitrogen and oxygen atoms in total. The van der Waals surface area contributed by atoms with Crippen LogP contribution in [0.1, 0.15) is 42.6 Å².